The number of rotatable bonds is 10. The number of aryl methyl sites for hydroxylation is 1. The average molecular weight is 387 g/mol. The summed E-state index contributed by atoms with van der Waals surface area (Å²) < 4.78 is 0. The largest absolute Gasteiger partial charge is 0.370 e. The van der Waals surface area contributed by atoms with Crippen LogP contribution in [-0.4, -0.2) is 54.1 Å². The van der Waals surface area contributed by atoms with Gasteiger partial charge in [-0.3, -0.25) is 14.6 Å². The molecular formula is C20H29N5O3. The predicted molar refractivity (Wildman–Crippen MR) is 107 cm³/mol. The Bertz CT molecular complexity index is 688. The minimum absolute atomic E-state index is 0.00213. The van der Waals surface area contributed by atoms with E-state index in [1.54, 1.807) is 4.90 Å². The van der Waals surface area contributed by atoms with Crippen molar-refractivity contribution in [1.29, 1.82) is 0 Å². The average Bonchev–Trinajstić information content (AvgIpc) is 3.19. The molecule has 2 amide bonds. The van der Waals surface area contributed by atoms with Crippen molar-refractivity contribution in [3.8, 4) is 0 Å². The second-order valence-electron chi connectivity index (χ2n) is 6.93. The number of carbonyl (C=O) groups is 3. The molecule has 5 N–H and O–H groups in total. The molecule has 1 aliphatic heterocycles. The van der Waals surface area contributed by atoms with E-state index in [-0.39, 0.29) is 17.8 Å². The maximum atomic E-state index is 12.6. The van der Waals surface area contributed by atoms with Crippen LogP contribution in [0.5, 0.6) is 0 Å². The SMILES string of the molecule is NC(N)=NCCCC(C=O)NC(=O)C1CCCN1C(=O)CCc1ccccc1. The summed E-state index contributed by atoms with van der Waals surface area (Å²) >= 11 is 0. The third-order valence-electron chi connectivity index (χ3n) is 4.81. The van der Waals surface area contributed by atoms with Crippen LogP contribution in [0.2, 0.25) is 0 Å². The Hall–Kier alpha value is -2.90. The number of nitrogens with one attached hydrogen (secondary N) is 1. The molecule has 1 aromatic carbocycles. The van der Waals surface area contributed by atoms with Crippen LogP contribution in [0.25, 0.3) is 0 Å². The van der Waals surface area contributed by atoms with Gasteiger partial charge in [0.15, 0.2) is 5.96 Å². The molecule has 2 rings (SSSR count). The van der Waals surface area contributed by atoms with Crippen LogP contribution in [0.15, 0.2) is 35.3 Å². The van der Waals surface area contributed by atoms with Crippen LogP contribution in [0.1, 0.15) is 37.7 Å². The number of aldehydes is 1. The van der Waals surface area contributed by atoms with Crippen LogP contribution in [-0.2, 0) is 20.8 Å². The van der Waals surface area contributed by atoms with E-state index >= 15 is 0 Å². The summed E-state index contributed by atoms with van der Waals surface area (Å²) in [6.07, 6.45) is 4.14. The molecular weight excluding hydrogens is 358 g/mol. The summed E-state index contributed by atoms with van der Waals surface area (Å²) in [4.78, 5) is 42.0. The molecule has 1 fully saturated rings. The molecule has 1 aromatic rings. The Balaban J connectivity index is 1.84. The maximum Gasteiger partial charge on any atom is 0.243 e. The minimum atomic E-state index is -0.608. The van der Waals surface area contributed by atoms with E-state index in [9.17, 15) is 14.4 Å². The number of guanidine groups is 1. The molecule has 0 aliphatic carbocycles. The van der Waals surface area contributed by atoms with Gasteiger partial charge in [-0.15, -0.1) is 0 Å². The van der Waals surface area contributed by atoms with E-state index in [2.05, 4.69) is 10.3 Å². The maximum absolute atomic E-state index is 12.6. The number of amides is 2. The summed E-state index contributed by atoms with van der Waals surface area (Å²) in [5.74, 6) is -0.302. The fraction of sp³-hybridized carbons (Fsp3) is 0.500. The molecule has 8 nitrogen and oxygen atoms in total. The highest BCUT2D eigenvalue weighted by molar-refractivity contribution is 5.89. The summed E-state index contributed by atoms with van der Waals surface area (Å²) in [7, 11) is 0. The summed E-state index contributed by atoms with van der Waals surface area (Å²) in [5, 5.41) is 2.74. The third kappa shape index (κ3) is 6.68. The van der Waals surface area contributed by atoms with Crippen molar-refractivity contribution < 1.29 is 14.4 Å². The molecule has 1 aliphatic rings. The molecule has 1 saturated heterocycles. The van der Waals surface area contributed by atoms with Crippen molar-refractivity contribution >= 4 is 24.1 Å². The molecule has 8 heteroatoms. The van der Waals surface area contributed by atoms with Gasteiger partial charge < -0.3 is 26.5 Å². The van der Waals surface area contributed by atoms with Gasteiger partial charge in [0.2, 0.25) is 11.8 Å². The number of hydrogen-bond donors (Lipinski definition) is 3. The zero-order valence-electron chi connectivity index (χ0n) is 16.0. The van der Waals surface area contributed by atoms with Crippen molar-refractivity contribution in [1.82, 2.24) is 10.2 Å². The molecule has 2 atom stereocenters. The quantitative estimate of drug-likeness (QED) is 0.231. The minimum Gasteiger partial charge on any atom is -0.370 e. The van der Waals surface area contributed by atoms with Gasteiger partial charge in [-0.05, 0) is 37.7 Å². The highest BCUT2D eigenvalue weighted by Crippen LogP contribution is 2.19. The number of likely N-dealkylation sites (tertiary alicyclic amines) is 1. The van der Waals surface area contributed by atoms with E-state index < -0.39 is 12.1 Å². The standard InChI is InChI=1S/C20H29N5O3/c21-20(22)23-12-4-8-16(14-26)24-19(28)17-9-5-13-25(17)18(27)11-10-15-6-2-1-3-7-15/h1-3,6-7,14,16-17H,4-5,8-13H2,(H,24,28)(H4,21,22,23). The van der Waals surface area contributed by atoms with Crippen molar-refractivity contribution in [2.75, 3.05) is 13.1 Å². The zero-order chi connectivity index (χ0) is 20.4. The van der Waals surface area contributed by atoms with Gasteiger partial charge in [-0.1, -0.05) is 30.3 Å². The third-order valence-corrected chi connectivity index (χ3v) is 4.81. The zero-order valence-corrected chi connectivity index (χ0v) is 16.0. The van der Waals surface area contributed by atoms with E-state index in [1.807, 2.05) is 30.3 Å². The summed E-state index contributed by atoms with van der Waals surface area (Å²) in [6.45, 7) is 0.970. The van der Waals surface area contributed by atoms with Crippen molar-refractivity contribution in [2.24, 2.45) is 16.5 Å². The highest BCUT2D eigenvalue weighted by Gasteiger charge is 2.34. The molecule has 1 heterocycles. The summed E-state index contributed by atoms with van der Waals surface area (Å²) in [5.41, 5.74) is 11.6. The molecule has 0 aromatic heterocycles. The lowest BCUT2D eigenvalue weighted by atomic mass is 10.1. The topological polar surface area (TPSA) is 131 Å². The van der Waals surface area contributed by atoms with Gasteiger partial charge in [0, 0.05) is 19.5 Å². The van der Waals surface area contributed by atoms with Crippen molar-refractivity contribution in [3.63, 3.8) is 0 Å². The fourth-order valence-corrected chi connectivity index (χ4v) is 3.35. The van der Waals surface area contributed by atoms with Gasteiger partial charge in [0.25, 0.3) is 0 Å². The Labute approximate surface area is 165 Å². The Morgan fingerprint density at radius 3 is 2.71 bits per heavy atom. The number of nitrogens with zero attached hydrogens (tertiary/aromatic N) is 2. The predicted octanol–water partition coefficient (Wildman–Crippen LogP) is 0.348. The fourth-order valence-electron chi connectivity index (χ4n) is 3.35. The number of nitrogens with two attached hydrogens (primary N) is 2. The Kier molecular flexibility index (Phi) is 8.45. The van der Waals surface area contributed by atoms with Crippen LogP contribution in [0, 0.1) is 0 Å². The lowest BCUT2D eigenvalue weighted by Crippen LogP contribution is -2.49. The molecule has 0 spiro atoms. The van der Waals surface area contributed by atoms with Crippen LogP contribution >= 0.6 is 0 Å². The van der Waals surface area contributed by atoms with E-state index in [4.69, 9.17) is 11.5 Å². The molecule has 0 radical (unpaired) electrons. The number of hydrogen-bond acceptors (Lipinski definition) is 4. The molecule has 0 bridgehead atoms. The van der Waals surface area contributed by atoms with E-state index in [0.717, 1.165) is 12.0 Å². The van der Waals surface area contributed by atoms with Gasteiger partial charge in [0.05, 0.1) is 6.04 Å². The van der Waals surface area contributed by atoms with Gasteiger partial charge in [-0.25, -0.2) is 0 Å². The second kappa shape index (κ2) is 11.1. The van der Waals surface area contributed by atoms with Gasteiger partial charge in [0.1, 0.15) is 12.3 Å². The molecule has 28 heavy (non-hydrogen) atoms. The second-order valence-corrected chi connectivity index (χ2v) is 6.93. The van der Waals surface area contributed by atoms with Gasteiger partial charge >= 0.3 is 0 Å². The highest BCUT2D eigenvalue weighted by atomic mass is 16.2. The number of benzene rings is 1. The normalized spacial score (nSPS) is 17.0. The first-order valence-corrected chi connectivity index (χ1v) is 9.65. The van der Waals surface area contributed by atoms with Crippen LogP contribution in [0.3, 0.4) is 0 Å². The van der Waals surface area contributed by atoms with Crippen molar-refractivity contribution in [2.45, 2.75) is 50.6 Å². The molecule has 152 valence electrons. The smallest absolute Gasteiger partial charge is 0.243 e. The van der Waals surface area contributed by atoms with E-state index in [0.29, 0.717) is 51.5 Å². The lowest BCUT2D eigenvalue weighted by Gasteiger charge is -2.25. The number of aliphatic imine (C=N–C) groups is 1. The Morgan fingerprint density at radius 1 is 1.29 bits per heavy atom. The van der Waals surface area contributed by atoms with Crippen LogP contribution in [0.4, 0.5) is 0 Å². The monoisotopic (exact) mass is 387 g/mol. The number of carbonyl (C=O) groups excluding carboxylic acids is 3. The van der Waals surface area contributed by atoms with Crippen molar-refractivity contribution in [3.05, 3.63) is 35.9 Å². The van der Waals surface area contributed by atoms with Crippen LogP contribution < -0.4 is 16.8 Å². The Morgan fingerprint density at radius 2 is 2.04 bits per heavy atom. The lowest BCUT2D eigenvalue weighted by molar-refractivity contribution is -0.139. The molecule has 0 saturated carbocycles. The first-order valence-electron chi connectivity index (χ1n) is 9.65. The first-order chi connectivity index (χ1) is 13.5. The first kappa shape index (κ1) is 21.4. The summed E-state index contributed by atoms with van der Waals surface area (Å²) in [6, 6.07) is 8.67. The van der Waals surface area contributed by atoms with Gasteiger partial charge in [-0.2, -0.15) is 0 Å². The molecule has 2 unspecified atom stereocenters. The van der Waals surface area contributed by atoms with E-state index in [1.165, 1.54) is 0 Å².